The number of ether oxygens (including phenoxy) is 2. The van der Waals surface area contributed by atoms with Crippen LogP contribution in [0.15, 0.2) is 36.4 Å². The first-order valence-corrected chi connectivity index (χ1v) is 9.16. The van der Waals surface area contributed by atoms with Gasteiger partial charge in [0.05, 0.1) is 12.7 Å². The highest BCUT2D eigenvalue weighted by atomic mass is 19.4. The monoisotopic (exact) mass is 434 g/mol. The van der Waals surface area contributed by atoms with Gasteiger partial charge in [0.1, 0.15) is 18.1 Å². The lowest BCUT2D eigenvalue weighted by Gasteiger charge is -2.24. The molecule has 0 radical (unpaired) electrons. The fraction of sp³-hybridized carbons (Fsp3) is 0.300. The minimum absolute atomic E-state index is 0.0463. The van der Waals surface area contributed by atoms with Crippen molar-refractivity contribution in [3.63, 3.8) is 0 Å². The third-order valence-electron chi connectivity index (χ3n) is 4.70. The number of nitrogens with zero attached hydrogens (tertiary/aromatic N) is 1. The van der Waals surface area contributed by atoms with Gasteiger partial charge in [0.2, 0.25) is 0 Å². The van der Waals surface area contributed by atoms with Crippen molar-refractivity contribution in [3.8, 4) is 17.6 Å². The molecule has 3 rings (SSSR count). The summed E-state index contributed by atoms with van der Waals surface area (Å²) in [6.07, 6.45) is -4.83. The molecule has 0 unspecified atom stereocenters. The van der Waals surface area contributed by atoms with Crippen molar-refractivity contribution in [3.05, 3.63) is 53.1 Å². The zero-order valence-electron chi connectivity index (χ0n) is 16.6. The summed E-state index contributed by atoms with van der Waals surface area (Å²) >= 11 is 0. The Morgan fingerprint density at radius 3 is 2.58 bits per heavy atom. The molecule has 11 heteroatoms. The van der Waals surface area contributed by atoms with Crippen LogP contribution in [0.25, 0.3) is 0 Å². The lowest BCUT2D eigenvalue weighted by atomic mass is 9.76. The number of nitriles is 1. The molecular weight excluding hydrogens is 416 g/mol. The summed E-state index contributed by atoms with van der Waals surface area (Å²) in [6, 6.07) is 9.72. The van der Waals surface area contributed by atoms with Gasteiger partial charge in [0, 0.05) is 5.56 Å². The first-order chi connectivity index (χ1) is 14.5. The zero-order chi connectivity index (χ0) is 22.8. The maximum Gasteiger partial charge on any atom is 0.573 e. The lowest BCUT2D eigenvalue weighted by molar-refractivity contribution is -0.274. The van der Waals surface area contributed by atoms with E-state index < -0.39 is 30.7 Å². The van der Waals surface area contributed by atoms with E-state index >= 15 is 0 Å². The van der Waals surface area contributed by atoms with Crippen LogP contribution in [0.2, 0.25) is 0 Å². The van der Waals surface area contributed by atoms with Crippen LogP contribution in [0.5, 0.6) is 11.5 Å². The molecule has 2 aromatic rings. The Kier molecular flexibility index (Phi) is 6.15. The Labute approximate surface area is 176 Å². The van der Waals surface area contributed by atoms with Gasteiger partial charge in [-0.15, -0.1) is 13.2 Å². The molecule has 0 bridgehead atoms. The van der Waals surface area contributed by atoms with E-state index in [2.05, 4.69) is 10.1 Å². The summed E-state index contributed by atoms with van der Waals surface area (Å²) in [5, 5.41) is 22.0. The first kappa shape index (κ1) is 22.5. The Morgan fingerprint density at radius 2 is 1.97 bits per heavy atom. The van der Waals surface area contributed by atoms with Gasteiger partial charge in [-0.05, 0) is 60.8 Å². The summed E-state index contributed by atoms with van der Waals surface area (Å²) in [4.78, 5) is 12.5. The van der Waals surface area contributed by atoms with Gasteiger partial charge in [-0.25, -0.2) is 0 Å². The van der Waals surface area contributed by atoms with Crippen LogP contribution in [0.4, 0.5) is 13.2 Å². The van der Waals surface area contributed by atoms with Crippen LogP contribution in [0.3, 0.4) is 0 Å². The van der Waals surface area contributed by atoms with Crippen molar-refractivity contribution < 1.29 is 37.1 Å². The quantitative estimate of drug-likeness (QED) is 0.677. The number of fused-ring (bicyclic) bond motifs is 1. The number of hydrogen-bond acceptors (Lipinski definition) is 6. The van der Waals surface area contributed by atoms with E-state index in [1.807, 2.05) is 6.07 Å². The average molecular weight is 434 g/mol. The van der Waals surface area contributed by atoms with Crippen molar-refractivity contribution in [2.75, 3.05) is 6.61 Å². The molecule has 1 amide bonds. The van der Waals surface area contributed by atoms with E-state index in [4.69, 9.17) is 9.39 Å². The van der Waals surface area contributed by atoms with Crippen LogP contribution >= 0.6 is 0 Å². The number of hydrogen-bond donors (Lipinski definition) is 2. The van der Waals surface area contributed by atoms with Crippen molar-refractivity contribution in [1.82, 2.24) is 5.32 Å². The Hall–Kier alpha value is -3.23. The third kappa shape index (κ3) is 5.28. The molecule has 1 atom stereocenters. The molecule has 0 fully saturated rings. The number of carbonyl (C=O) groups is 1. The molecule has 31 heavy (non-hydrogen) atoms. The highest BCUT2D eigenvalue weighted by Gasteiger charge is 2.33. The number of nitrogens with one attached hydrogen (secondary N) is 1. The molecular formula is C20H18BF3N2O5. The second kappa shape index (κ2) is 8.49. The molecule has 0 saturated heterocycles. The minimum atomic E-state index is -4.83. The van der Waals surface area contributed by atoms with E-state index in [1.165, 1.54) is 6.92 Å². The van der Waals surface area contributed by atoms with Crippen molar-refractivity contribution in [2.24, 2.45) is 0 Å². The van der Waals surface area contributed by atoms with Crippen LogP contribution in [0.1, 0.15) is 28.4 Å². The van der Waals surface area contributed by atoms with Gasteiger partial charge in [-0.2, -0.15) is 5.26 Å². The second-order valence-electron chi connectivity index (χ2n) is 7.18. The Morgan fingerprint density at radius 1 is 1.29 bits per heavy atom. The van der Waals surface area contributed by atoms with Crippen LogP contribution in [0, 0.1) is 18.3 Å². The highest BCUT2D eigenvalue weighted by molar-refractivity contribution is 6.62. The van der Waals surface area contributed by atoms with Crippen LogP contribution < -0.4 is 20.3 Å². The Balaban J connectivity index is 1.67. The van der Waals surface area contributed by atoms with E-state index in [0.29, 0.717) is 16.8 Å². The number of amides is 1. The van der Waals surface area contributed by atoms with Gasteiger partial charge in [-0.3, -0.25) is 4.79 Å². The number of halogens is 3. The van der Waals surface area contributed by atoms with Crippen LogP contribution in [-0.4, -0.2) is 36.6 Å². The molecule has 0 saturated carbocycles. The molecule has 1 aliphatic rings. The van der Waals surface area contributed by atoms with Gasteiger partial charge < -0.3 is 24.5 Å². The van der Waals surface area contributed by atoms with Crippen molar-refractivity contribution >= 4 is 18.5 Å². The summed E-state index contributed by atoms with van der Waals surface area (Å²) in [6.45, 7) is 3.28. The lowest BCUT2D eigenvalue weighted by Crippen LogP contribution is -2.49. The normalized spacial score (nSPS) is 14.9. The predicted molar refractivity (Wildman–Crippen MR) is 104 cm³/mol. The zero-order valence-corrected chi connectivity index (χ0v) is 16.6. The number of alkyl halides is 3. The molecule has 0 aliphatic carbocycles. The summed E-state index contributed by atoms with van der Waals surface area (Å²) in [5.41, 5.74) is 0.728. The van der Waals surface area contributed by atoms with E-state index in [9.17, 15) is 28.3 Å². The molecule has 0 spiro atoms. The first-order valence-electron chi connectivity index (χ1n) is 9.16. The molecule has 0 aromatic heterocycles. The predicted octanol–water partition coefficient (Wildman–Crippen LogP) is 2.20. The third-order valence-corrected chi connectivity index (χ3v) is 4.70. The van der Waals surface area contributed by atoms with Gasteiger partial charge >= 0.3 is 13.5 Å². The number of rotatable bonds is 6. The largest absolute Gasteiger partial charge is 0.573 e. The maximum absolute atomic E-state index is 12.5. The molecule has 7 nitrogen and oxygen atoms in total. The minimum Gasteiger partial charge on any atom is -0.490 e. The molecule has 1 heterocycles. The molecule has 1 aliphatic heterocycles. The summed E-state index contributed by atoms with van der Waals surface area (Å²) in [7, 11) is -1.05. The van der Waals surface area contributed by atoms with E-state index in [1.54, 1.807) is 19.1 Å². The molecule has 2 N–H and O–H groups in total. The fourth-order valence-corrected chi connectivity index (χ4v) is 3.09. The SMILES string of the molecule is Cc1c(OC[C@](C)(C#N)NC(=O)c2ccc(OC(F)(F)F)cc2)ccc2c1B(O)OC2. The smallest absolute Gasteiger partial charge is 0.490 e. The number of benzene rings is 2. The van der Waals surface area contributed by atoms with Crippen molar-refractivity contribution in [2.45, 2.75) is 32.4 Å². The maximum atomic E-state index is 12.5. The second-order valence-corrected chi connectivity index (χ2v) is 7.18. The van der Waals surface area contributed by atoms with Crippen molar-refractivity contribution in [1.29, 1.82) is 5.26 Å². The van der Waals surface area contributed by atoms with E-state index in [-0.39, 0.29) is 18.8 Å². The topological polar surface area (TPSA) is 101 Å². The summed E-state index contributed by atoms with van der Waals surface area (Å²) in [5.74, 6) is -0.706. The van der Waals surface area contributed by atoms with Gasteiger partial charge in [0.25, 0.3) is 5.91 Å². The highest BCUT2D eigenvalue weighted by Crippen LogP contribution is 2.24. The molecule has 162 valence electrons. The van der Waals surface area contributed by atoms with Crippen LogP contribution in [-0.2, 0) is 11.3 Å². The Bertz CT molecular complexity index is 1020. The molecule has 2 aromatic carbocycles. The standard InChI is InChI=1S/C20H18BF3N2O5/c1-12-16(8-5-14-9-30-21(28)17(12)14)29-11-19(2,10-25)26-18(27)13-3-6-15(7-4-13)31-20(22,23)24/h3-8,28H,9,11H2,1-2H3,(H,26,27)/t19-/m0/s1. The van der Waals surface area contributed by atoms with Gasteiger partial charge in [-0.1, -0.05) is 6.07 Å². The fourth-order valence-electron chi connectivity index (χ4n) is 3.09. The average Bonchev–Trinajstić information content (AvgIpc) is 3.08. The summed E-state index contributed by atoms with van der Waals surface area (Å²) < 4.78 is 51.4. The van der Waals surface area contributed by atoms with E-state index in [0.717, 1.165) is 29.8 Å². The van der Waals surface area contributed by atoms with Gasteiger partial charge in [0.15, 0.2) is 5.54 Å². The number of carbonyl (C=O) groups excluding carboxylic acids is 1.